The zero-order valence-electron chi connectivity index (χ0n) is 15.9. The number of hydrogen-bond acceptors (Lipinski definition) is 4. The van der Waals surface area contributed by atoms with Gasteiger partial charge in [-0.1, -0.05) is 0 Å². The van der Waals surface area contributed by atoms with Crippen molar-refractivity contribution >= 4 is 11.8 Å². The van der Waals surface area contributed by atoms with E-state index in [1.54, 1.807) is 40.8 Å². The summed E-state index contributed by atoms with van der Waals surface area (Å²) in [6, 6.07) is 6.17. The van der Waals surface area contributed by atoms with Gasteiger partial charge < -0.3 is 14.8 Å². The molecule has 30 heavy (non-hydrogen) atoms. The average Bonchev–Trinajstić information content (AvgIpc) is 2.72. The van der Waals surface area contributed by atoms with E-state index in [4.69, 9.17) is 0 Å². The summed E-state index contributed by atoms with van der Waals surface area (Å²) in [7, 11) is 0. The zero-order chi connectivity index (χ0) is 21.5. The fourth-order valence-electron chi connectivity index (χ4n) is 4.24. The predicted octanol–water partition coefficient (Wildman–Crippen LogP) is 1.79. The molecule has 2 amide bonds. The second-order valence-electron chi connectivity index (χ2n) is 7.63. The number of alkyl halides is 3. The largest absolute Gasteiger partial charge is 0.405 e. The van der Waals surface area contributed by atoms with Crippen LogP contribution in [0.2, 0.25) is 0 Å². The highest BCUT2D eigenvalue weighted by molar-refractivity contribution is 5.94. The standard InChI is InChI=1S/C20H19F3N4O3/c21-20(22,23)11-25-17(28)15-1-2-16-14-7-12(9-27(16)19(15)30)8-26(10-14)18(29)13-3-5-24-6-4-13/h1-6,12,14H,7-11H2,(H,25,28)/t12-,14+/m0/s1. The van der Waals surface area contributed by atoms with Crippen LogP contribution in [-0.2, 0) is 6.54 Å². The van der Waals surface area contributed by atoms with Gasteiger partial charge >= 0.3 is 6.18 Å². The first-order valence-electron chi connectivity index (χ1n) is 9.51. The molecule has 2 aliphatic heterocycles. The van der Waals surface area contributed by atoms with Gasteiger partial charge in [0.25, 0.3) is 17.4 Å². The summed E-state index contributed by atoms with van der Waals surface area (Å²) in [5, 5.41) is 1.74. The van der Waals surface area contributed by atoms with Crippen molar-refractivity contribution in [2.24, 2.45) is 5.92 Å². The van der Waals surface area contributed by atoms with Crippen LogP contribution in [0.4, 0.5) is 13.2 Å². The molecule has 7 nitrogen and oxygen atoms in total. The fourth-order valence-corrected chi connectivity index (χ4v) is 4.24. The van der Waals surface area contributed by atoms with Gasteiger partial charge in [0.1, 0.15) is 12.1 Å². The van der Waals surface area contributed by atoms with Gasteiger partial charge in [-0.05, 0) is 36.6 Å². The molecule has 0 unspecified atom stereocenters. The summed E-state index contributed by atoms with van der Waals surface area (Å²) in [6.45, 7) is -0.291. The van der Waals surface area contributed by atoms with E-state index in [1.807, 2.05) is 0 Å². The van der Waals surface area contributed by atoms with Crippen molar-refractivity contribution in [1.29, 1.82) is 0 Å². The molecule has 4 heterocycles. The van der Waals surface area contributed by atoms with Crippen molar-refractivity contribution in [3.05, 3.63) is 63.8 Å². The molecule has 2 aromatic rings. The minimum Gasteiger partial charge on any atom is -0.343 e. The monoisotopic (exact) mass is 420 g/mol. The Morgan fingerprint density at radius 2 is 1.83 bits per heavy atom. The third-order valence-corrected chi connectivity index (χ3v) is 5.51. The maximum absolute atomic E-state index is 12.8. The lowest BCUT2D eigenvalue weighted by molar-refractivity contribution is -0.123. The molecule has 1 saturated heterocycles. The lowest BCUT2D eigenvalue weighted by Crippen LogP contribution is -2.50. The van der Waals surface area contributed by atoms with Crippen LogP contribution in [0.1, 0.15) is 38.7 Å². The van der Waals surface area contributed by atoms with E-state index >= 15 is 0 Å². The van der Waals surface area contributed by atoms with Crippen molar-refractivity contribution in [3.63, 3.8) is 0 Å². The van der Waals surface area contributed by atoms with E-state index in [1.165, 1.54) is 10.6 Å². The highest BCUT2D eigenvalue weighted by atomic mass is 19.4. The minimum absolute atomic E-state index is 0.0215. The molecule has 0 aromatic carbocycles. The van der Waals surface area contributed by atoms with Crippen molar-refractivity contribution in [3.8, 4) is 0 Å². The van der Waals surface area contributed by atoms with Crippen LogP contribution in [-0.4, -0.2) is 52.1 Å². The molecule has 0 spiro atoms. The normalized spacial score (nSPS) is 20.4. The first-order chi connectivity index (χ1) is 14.2. The second kappa shape index (κ2) is 7.58. The second-order valence-corrected chi connectivity index (χ2v) is 7.63. The molecule has 1 fully saturated rings. The number of aromatic nitrogens is 2. The first-order valence-corrected chi connectivity index (χ1v) is 9.51. The minimum atomic E-state index is -4.55. The third-order valence-electron chi connectivity index (χ3n) is 5.51. The number of likely N-dealkylation sites (tertiary alicyclic amines) is 1. The van der Waals surface area contributed by atoms with Crippen LogP contribution in [0, 0.1) is 5.92 Å². The van der Waals surface area contributed by atoms with Crippen LogP contribution in [0.25, 0.3) is 0 Å². The molecule has 0 radical (unpaired) electrons. The van der Waals surface area contributed by atoms with E-state index in [2.05, 4.69) is 4.98 Å². The molecule has 2 bridgehead atoms. The summed E-state index contributed by atoms with van der Waals surface area (Å²) in [5.41, 5.74) is 0.318. The summed E-state index contributed by atoms with van der Waals surface area (Å²) in [4.78, 5) is 43.3. The molecule has 2 aliphatic rings. The number of amides is 2. The molecule has 4 rings (SSSR count). The van der Waals surface area contributed by atoms with Crippen LogP contribution in [0.15, 0.2) is 41.5 Å². The fraction of sp³-hybridized carbons (Fsp3) is 0.400. The number of pyridine rings is 2. The first kappa shape index (κ1) is 20.1. The Hall–Kier alpha value is -3.17. The number of carbonyl (C=O) groups is 2. The number of nitrogens with one attached hydrogen (secondary N) is 1. The quantitative estimate of drug-likeness (QED) is 0.821. The zero-order valence-corrected chi connectivity index (χ0v) is 15.9. The Morgan fingerprint density at radius 3 is 2.53 bits per heavy atom. The van der Waals surface area contributed by atoms with E-state index in [0.29, 0.717) is 30.9 Å². The van der Waals surface area contributed by atoms with E-state index in [9.17, 15) is 27.6 Å². The molecule has 1 N–H and O–H groups in total. The topological polar surface area (TPSA) is 84.3 Å². The van der Waals surface area contributed by atoms with Crippen LogP contribution >= 0.6 is 0 Å². The number of rotatable bonds is 3. The molecule has 2 atom stereocenters. The Labute approximate surface area is 169 Å². The molecule has 2 aromatic heterocycles. The number of nitrogens with zero attached hydrogens (tertiary/aromatic N) is 3. The lowest BCUT2D eigenvalue weighted by atomic mass is 9.82. The number of carbonyl (C=O) groups excluding carboxylic acids is 2. The summed E-state index contributed by atoms with van der Waals surface area (Å²) >= 11 is 0. The molecule has 0 aliphatic carbocycles. The van der Waals surface area contributed by atoms with Crippen molar-refractivity contribution in [1.82, 2.24) is 19.8 Å². The van der Waals surface area contributed by atoms with E-state index in [-0.39, 0.29) is 23.3 Å². The van der Waals surface area contributed by atoms with Gasteiger partial charge in [-0.2, -0.15) is 13.2 Å². The Balaban J connectivity index is 1.56. The Morgan fingerprint density at radius 1 is 1.10 bits per heavy atom. The van der Waals surface area contributed by atoms with Gasteiger partial charge in [0, 0.05) is 49.2 Å². The Kier molecular flexibility index (Phi) is 5.08. The molecule has 158 valence electrons. The molecule has 0 saturated carbocycles. The van der Waals surface area contributed by atoms with Gasteiger partial charge in [0.05, 0.1) is 0 Å². The van der Waals surface area contributed by atoms with Crippen LogP contribution < -0.4 is 10.9 Å². The average molecular weight is 420 g/mol. The summed E-state index contributed by atoms with van der Waals surface area (Å²) < 4.78 is 38.5. The third kappa shape index (κ3) is 3.94. The number of hydrogen-bond donors (Lipinski definition) is 1. The number of halogens is 3. The van der Waals surface area contributed by atoms with Crippen molar-refractivity contribution in [2.45, 2.75) is 25.1 Å². The lowest BCUT2D eigenvalue weighted by Gasteiger charge is -2.42. The van der Waals surface area contributed by atoms with Gasteiger partial charge in [-0.3, -0.25) is 19.4 Å². The van der Waals surface area contributed by atoms with Crippen LogP contribution in [0.3, 0.4) is 0 Å². The maximum Gasteiger partial charge on any atom is 0.405 e. The smallest absolute Gasteiger partial charge is 0.343 e. The summed E-state index contributed by atoms with van der Waals surface area (Å²) in [5.74, 6) is -1.21. The van der Waals surface area contributed by atoms with Gasteiger partial charge in [0.15, 0.2) is 0 Å². The van der Waals surface area contributed by atoms with E-state index in [0.717, 1.165) is 6.42 Å². The van der Waals surface area contributed by atoms with Crippen LogP contribution in [0.5, 0.6) is 0 Å². The Bertz CT molecular complexity index is 1040. The van der Waals surface area contributed by atoms with Gasteiger partial charge in [0.2, 0.25) is 0 Å². The maximum atomic E-state index is 12.8. The highest BCUT2D eigenvalue weighted by Crippen LogP contribution is 2.35. The highest BCUT2D eigenvalue weighted by Gasteiger charge is 2.37. The SMILES string of the molecule is O=C(NCC(F)(F)F)c1ccc2n(c1=O)C[C@H]1C[C@@H]2CN(C(=O)c2ccncc2)C1. The van der Waals surface area contributed by atoms with Gasteiger partial charge in [-0.15, -0.1) is 0 Å². The predicted molar refractivity (Wildman–Crippen MR) is 100 cm³/mol. The molecule has 10 heteroatoms. The van der Waals surface area contributed by atoms with E-state index < -0.39 is 24.2 Å². The molecular weight excluding hydrogens is 401 g/mol. The van der Waals surface area contributed by atoms with Gasteiger partial charge in [-0.25, -0.2) is 0 Å². The number of fused-ring (bicyclic) bond motifs is 4. The van der Waals surface area contributed by atoms with Crippen molar-refractivity contribution < 1.29 is 22.8 Å². The summed E-state index contributed by atoms with van der Waals surface area (Å²) in [6.07, 6.45) is -0.641. The van der Waals surface area contributed by atoms with Crippen molar-refractivity contribution in [2.75, 3.05) is 19.6 Å². The molecular formula is C20H19F3N4O3. The number of piperidine rings is 1.